The Morgan fingerprint density at radius 1 is 1.41 bits per heavy atom. The fraction of sp³-hybridized carbons (Fsp3) is 0.600. The molecular formula is C15H24N2. The van der Waals surface area contributed by atoms with E-state index < -0.39 is 0 Å². The fourth-order valence-corrected chi connectivity index (χ4v) is 2.47. The molecule has 0 spiro atoms. The Morgan fingerprint density at radius 2 is 2.24 bits per heavy atom. The zero-order valence-electron chi connectivity index (χ0n) is 11.3. The van der Waals surface area contributed by atoms with Crippen molar-refractivity contribution < 1.29 is 0 Å². The normalized spacial score (nSPS) is 16.5. The molecule has 0 saturated carbocycles. The highest BCUT2D eigenvalue weighted by Gasteiger charge is 2.14. The lowest BCUT2D eigenvalue weighted by molar-refractivity contribution is 0.243. The van der Waals surface area contributed by atoms with Gasteiger partial charge in [-0.05, 0) is 50.4 Å². The summed E-state index contributed by atoms with van der Waals surface area (Å²) in [6, 6.07) is 7.32. The molecule has 1 heterocycles. The highest BCUT2D eigenvalue weighted by Crippen LogP contribution is 2.26. The van der Waals surface area contributed by atoms with E-state index in [-0.39, 0.29) is 0 Å². The Balaban J connectivity index is 2.15. The van der Waals surface area contributed by atoms with Crippen LogP contribution in [-0.2, 0) is 13.0 Å². The third kappa shape index (κ3) is 2.81. The SMILES string of the molecule is CCC(C)N(C)Cc1cccc2c1CCCN2. The Labute approximate surface area is 105 Å². The number of hydrogen-bond acceptors (Lipinski definition) is 2. The van der Waals surface area contributed by atoms with Gasteiger partial charge in [0.1, 0.15) is 0 Å². The first-order valence-electron chi connectivity index (χ1n) is 6.77. The first-order chi connectivity index (χ1) is 8.22. The van der Waals surface area contributed by atoms with Crippen molar-refractivity contribution in [3.05, 3.63) is 29.3 Å². The minimum atomic E-state index is 0.655. The van der Waals surface area contributed by atoms with Crippen LogP contribution in [0.4, 0.5) is 5.69 Å². The number of nitrogens with zero attached hydrogens (tertiary/aromatic N) is 1. The van der Waals surface area contributed by atoms with Gasteiger partial charge >= 0.3 is 0 Å². The highest BCUT2D eigenvalue weighted by molar-refractivity contribution is 5.56. The van der Waals surface area contributed by atoms with E-state index in [1.807, 2.05) is 0 Å². The standard InChI is InChI=1S/C15H24N2/c1-4-12(2)17(3)11-13-7-5-9-15-14(13)8-6-10-16-15/h5,7,9,12,16H,4,6,8,10-11H2,1-3H3. The molecule has 2 nitrogen and oxygen atoms in total. The van der Waals surface area contributed by atoms with E-state index in [1.165, 1.54) is 36.1 Å². The average Bonchev–Trinajstić information content (AvgIpc) is 2.38. The first-order valence-corrected chi connectivity index (χ1v) is 6.77. The van der Waals surface area contributed by atoms with Gasteiger partial charge in [-0.3, -0.25) is 4.90 Å². The molecular weight excluding hydrogens is 208 g/mol. The van der Waals surface area contributed by atoms with Gasteiger partial charge in [0.15, 0.2) is 0 Å². The molecule has 0 saturated heterocycles. The summed E-state index contributed by atoms with van der Waals surface area (Å²) in [4.78, 5) is 2.45. The Morgan fingerprint density at radius 3 is 3.00 bits per heavy atom. The van der Waals surface area contributed by atoms with Crippen LogP contribution in [0.5, 0.6) is 0 Å². The number of benzene rings is 1. The zero-order chi connectivity index (χ0) is 12.3. The molecule has 1 atom stereocenters. The van der Waals surface area contributed by atoms with Gasteiger partial charge in [-0.1, -0.05) is 19.1 Å². The fourth-order valence-electron chi connectivity index (χ4n) is 2.47. The van der Waals surface area contributed by atoms with Crippen LogP contribution in [0.25, 0.3) is 0 Å². The molecule has 1 aliphatic heterocycles. The van der Waals surface area contributed by atoms with E-state index >= 15 is 0 Å². The minimum Gasteiger partial charge on any atom is -0.385 e. The van der Waals surface area contributed by atoms with E-state index in [1.54, 1.807) is 0 Å². The molecule has 0 amide bonds. The molecule has 17 heavy (non-hydrogen) atoms. The first kappa shape index (κ1) is 12.4. The lowest BCUT2D eigenvalue weighted by Gasteiger charge is -2.27. The molecule has 1 aromatic carbocycles. The summed E-state index contributed by atoms with van der Waals surface area (Å²) >= 11 is 0. The maximum Gasteiger partial charge on any atom is 0.0375 e. The molecule has 0 fully saturated rings. The average molecular weight is 232 g/mol. The summed E-state index contributed by atoms with van der Waals surface area (Å²) in [7, 11) is 2.23. The quantitative estimate of drug-likeness (QED) is 0.857. The second kappa shape index (κ2) is 5.54. The van der Waals surface area contributed by atoms with E-state index in [0.29, 0.717) is 6.04 Å². The van der Waals surface area contributed by atoms with Gasteiger partial charge in [0.05, 0.1) is 0 Å². The molecule has 0 aliphatic carbocycles. The van der Waals surface area contributed by atoms with Gasteiger partial charge in [0, 0.05) is 24.8 Å². The lowest BCUT2D eigenvalue weighted by atomic mass is 9.97. The van der Waals surface area contributed by atoms with E-state index in [9.17, 15) is 0 Å². The van der Waals surface area contributed by atoms with E-state index in [2.05, 4.69) is 49.3 Å². The maximum absolute atomic E-state index is 3.50. The van der Waals surface area contributed by atoms with Crippen LogP contribution in [0.2, 0.25) is 0 Å². The largest absolute Gasteiger partial charge is 0.385 e. The van der Waals surface area contributed by atoms with Gasteiger partial charge in [-0.2, -0.15) is 0 Å². The van der Waals surface area contributed by atoms with Crippen molar-refractivity contribution in [2.24, 2.45) is 0 Å². The topological polar surface area (TPSA) is 15.3 Å². The third-order valence-corrected chi connectivity index (χ3v) is 3.96. The van der Waals surface area contributed by atoms with Gasteiger partial charge in [-0.15, -0.1) is 0 Å². The molecule has 0 aromatic heterocycles. The van der Waals surface area contributed by atoms with Crippen molar-refractivity contribution in [2.75, 3.05) is 18.9 Å². The Kier molecular flexibility index (Phi) is 4.06. The van der Waals surface area contributed by atoms with Crippen LogP contribution in [0.1, 0.15) is 37.8 Å². The van der Waals surface area contributed by atoms with Crippen molar-refractivity contribution in [3.8, 4) is 0 Å². The Bertz CT molecular complexity index is 373. The van der Waals surface area contributed by atoms with Crippen molar-refractivity contribution in [1.29, 1.82) is 0 Å². The molecule has 0 bridgehead atoms. The Hall–Kier alpha value is -1.02. The monoisotopic (exact) mass is 232 g/mol. The maximum atomic E-state index is 3.50. The van der Waals surface area contributed by atoms with Crippen LogP contribution in [0.15, 0.2) is 18.2 Å². The molecule has 0 radical (unpaired) electrons. The van der Waals surface area contributed by atoms with E-state index in [4.69, 9.17) is 0 Å². The van der Waals surface area contributed by atoms with Crippen molar-refractivity contribution in [1.82, 2.24) is 4.90 Å². The number of anilines is 1. The molecule has 1 aliphatic rings. The summed E-state index contributed by atoms with van der Waals surface area (Å²) in [5, 5.41) is 3.50. The summed E-state index contributed by atoms with van der Waals surface area (Å²) < 4.78 is 0. The predicted octanol–water partition coefficient (Wildman–Crippen LogP) is 3.28. The van der Waals surface area contributed by atoms with Crippen LogP contribution < -0.4 is 5.32 Å². The second-order valence-electron chi connectivity index (χ2n) is 5.15. The van der Waals surface area contributed by atoms with Crippen LogP contribution in [0, 0.1) is 0 Å². The molecule has 1 unspecified atom stereocenters. The summed E-state index contributed by atoms with van der Waals surface area (Å²) in [6.45, 7) is 6.74. The van der Waals surface area contributed by atoms with Crippen molar-refractivity contribution in [3.63, 3.8) is 0 Å². The molecule has 1 aromatic rings. The highest BCUT2D eigenvalue weighted by atomic mass is 15.1. The summed E-state index contributed by atoms with van der Waals surface area (Å²) in [5.41, 5.74) is 4.39. The van der Waals surface area contributed by atoms with Gasteiger partial charge in [0.2, 0.25) is 0 Å². The molecule has 1 N–H and O–H groups in total. The predicted molar refractivity (Wildman–Crippen MR) is 74.5 cm³/mol. The zero-order valence-corrected chi connectivity index (χ0v) is 11.3. The number of fused-ring (bicyclic) bond motifs is 1. The number of nitrogens with one attached hydrogen (secondary N) is 1. The summed E-state index contributed by atoms with van der Waals surface area (Å²) in [6.07, 6.45) is 3.70. The van der Waals surface area contributed by atoms with Gasteiger partial charge in [-0.25, -0.2) is 0 Å². The number of hydrogen-bond donors (Lipinski definition) is 1. The smallest absolute Gasteiger partial charge is 0.0375 e. The van der Waals surface area contributed by atoms with Crippen LogP contribution in [-0.4, -0.2) is 24.5 Å². The third-order valence-electron chi connectivity index (χ3n) is 3.96. The van der Waals surface area contributed by atoms with Gasteiger partial charge < -0.3 is 5.32 Å². The molecule has 94 valence electrons. The van der Waals surface area contributed by atoms with E-state index in [0.717, 1.165) is 13.1 Å². The minimum absolute atomic E-state index is 0.655. The van der Waals surface area contributed by atoms with Crippen LogP contribution in [0.3, 0.4) is 0 Å². The van der Waals surface area contributed by atoms with Crippen LogP contribution >= 0.6 is 0 Å². The van der Waals surface area contributed by atoms with Crippen molar-refractivity contribution >= 4 is 5.69 Å². The summed E-state index contributed by atoms with van der Waals surface area (Å²) in [5.74, 6) is 0. The van der Waals surface area contributed by atoms with Gasteiger partial charge in [0.25, 0.3) is 0 Å². The second-order valence-corrected chi connectivity index (χ2v) is 5.15. The lowest BCUT2D eigenvalue weighted by Crippen LogP contribution is -2.28. The molecule has 2 rings (SSSR count). The number of rotatable bonds is 4. The van der Waals surface area contributed by atoms with Crippen molar-refractivity contribution in [2.45, 2.75) is 45.7 Å². The molecule has 2 heteroatoms.